The van der Waals surface area contributed by atoms with Crippen LogP contribution in [0.25, 0.3) is 0 Å². The van der Waals surface area contributed by atoms with Gasteiger partial charge >= 0.3 is 0 Å². The molecule has 0 saturated heterocycles. The summed E-state index contributed by atoms with van der Waals surface area (Å²) >= 11 is 0. The minimum Gasteiger partial charge on any atom is -0.486 e. The quantitative estimate of drug-likeness (QED) is 0.856. The second-order valence-electron chi connectivity index (χ2n) is 4.22. The van der Waals surface area contributed by atoms with E-state index in [0.717, 1.165) is 11.4 Å². The molecule has 6 heteroatoms. The zero-order chi connectivity index (χ0) is 13.2. The zero-order valence-corrected chi connectivity index (χ0v) is 10.4. The molecule has 1 aromatic carbocycles. The fraction of sp³-hybridized carbons (Fsp3) is 0.231. The van der Waals surface area contributed by atoms with Gasteiger partial charge in [-0.15, -0.1) is 0 Å². The van der Waals surface area contributed by atoms with E-state index in [9.17, 15) is 4.79 Å². The highest BCUT2D eigenvalue weighted by molar-refractivity contribution is 5.60. The van der Waals surface area contributed by atoms with Crippen LogP contribution in [-0.2, 0) is 0 Å². The fourth-order valence-electron chi connectivity index (χ4n) is 1.90. The van der Waals surface area contributed by atoms with Gasteiger partial charge in [0.1, 0.15) is 13.2 Å². The molecule has 3 rings (SSSR count). The summed E-state index contributed by atoms with van der Waals surface area (Å²) in [6, 6.07) is 6.92. The first kappa shape index (κ1) is 11.6. The zero-order valence-electron chi connectivity index (χ0n) is 10.4. The van der Waals surface area contributed by atoms with Crippen LogP contribution in [0.4, 0.5) is 11.6 Å². The number of hydrogen-bond acceptors (Lipinski definition) is 5. The van der Waals surface area contributed by atoms with Crippen LogP contribution in [-0.4, -0.2) is 23.2 Å². The SMILES string of the molecule is Cc1cc(=O)[nH]c(Nc2ccc3c(c2)OCCO3)n1. The number of aromatic nitrogens is 2. The third-order valence-electron chi connectivity index (χ3n) is 2.67. The molecule has 0 unspecified atom stereocenters. The maximum absolute atomic E-state index is 11.4. The van der Waals surface area contributed by atoms with Crippen molar-refractivity contribution < 1.29 is 9.47 Å². The Hall–Kier alpha value is -2.50. The van der Waals surface area contributed by atoms with Gasteiger partial charge in [-0.2, -0.15) is 0 Å². The molecule has 0 atom stereocenters. The summed E-state index contributed by atoms with van der Waals surface area (Å²) in [6.45, 7) is 2.87. The predicted molar refractivity (Wildman–Crippen MR) is 70.3 cm³/mol. The van der Waals surface area contributed by atoms with Crippen molar-refractivity contribution in [3.8, 4) is 11.5 Å². The van der Waals surface area contributed by atoms with Crippen LogP contribution in [0.5, 0.6) is 11.5 Å². The van der Waals surface area contributed by atoms with Gasteiger partial charge in [0.25, 0.3) is 5.56 Å². The number of rotatable bonds is 2. The van der Waals surface area contributed by atoms with Crippen molar-refractivity contribution in [2.24, 2.45) is 0 Å². The van der Waals surface area contributed by atoms with Crippen molar-refractivity contribution in [2.45, 2.75) is 6.92 Å². The third-order valence-corrected chi connectivity index (χ3v) is 2.67. The summed E-state index contributed by atoms with van der Waals surface area (Å²) in [4.78, 5) is 18.2. The molecule has 0 amide bonds. The number of aryl methyl sites for hydroxylation is 1. The van der Waals surface area contributed by atoms with Crippen molar-refractivity contribution in [2.75, 3.05) is 18.5 Å². The van der Waals surface area contributed by atoms with Crippen LogP contribution in [0.3, 0.4) is 0 Å². The number of hydrogen-bond donors (Lipinski definition) is 2. The summed E-state index contributed by atoms with van der Waals surface area (Å²) in [6.07, 6.45) is 0. The molecule has 98 valence electrons. The summed E-state index contributed by atoms with van der Waals surface area (Å²) in [5, 5.41) is 3.03. The van der Waals surface area contributed by atoms with Gasteiger partial charge in [-0.05, 0) is 19.1 Å². The van der Waals surface area contributed by atoms with Gasteiger partial charge in [0, 0.05) is 23.5 Å². The van der Waals surface area contributed by atoms with Crippen LogP contribution in [0.2, 0.25) is 0 Å². The Balaban J connectivity index is 1.88. The van der Waals surface area contributed by atoms with E-state index in [1.54, 1.807) is 6.92 Å². The van der Waals surface area contributed by atoms with Crippen molar-refractivity contribution in [1.29, 1.82) is 0 Å². The van der Waals surface area contributed by atoms with Gasteiger partial charge in [0.2, 0.25) is 5.95 Å². The number of nitrogens with one attached hydrogen (secondary N) is 2. The Labute approximate surface area is 109 Å². The van der Waals surface area contributed by atoms with Crippen LogP contribution in [0.1, 0.15) is 5.69 Å². The van der Waals surface area contributed by atoms with Crippen LogP contribution >= 0.6 is 0 Å². The molecular formula is C13H13N3O3. The first-order valence-corrected chi connectivity index (χ1v) is 5.95. The molecule has 1 aliphatic rings. The average Bonchev–Trinajstić information content (AvgIpc) is 2.37. The summed E-state index contributed by atoms with van der Waals surface area (Å²) in [7, 11) is 0. The highest BCUT2D eigenvalue weighted by atomic mass is 16.6. The number of aromatic amines is 1. The molecule has 0 saturated carbocycles. The Kier molecular flexibility index (Phi) is 2.83. The van der Waals surface area contributed by atoms with Crippen LogP contribution in [0.15, 0.2) is 29.1 Å². The number of H-pyrrole nitrogens is 1. The molecule has 0 fully saturated rings. The predicted octanol–water partition coefficient (Wildman–Crippen LogP) is 1.59. The van der Waals surface area contributed by atoms with Crippen LogP contribution in [0, 0.1) is 6.92 Å². The smallest absolute Gasteiger partial charge is 0.252 e. The van der Waals surface area contributed by atoms with Crippen molar-refractivity contribution >= 4 is 11.6 Å². The van der Waals surface area contributed by atoms with E-state index in [4.69, 9.17) is 9.47 Å². The van der Waals surface area contributed by atoms with Gasteiger partial charge in [-0.3, -0.25) is 9.78 Å². The maximum atomic E-state index is 11.4. The number of fused-ring (bicyclic) bond motifs is 1. The number of anilines is 2. The second kappa shape index (κ2) is 4.64. The lowest BCUT2D eigenvalue weighted by molar-refractivity contribution is 0.171. The molecule has 0 spiro atoms. The minimum atomic E-state index is -0.187. The molecule has 0 aliphatic carbocycles. The van der Waals surface area contributed by atoms with Gasteiger partial charge in [0.05, 0.1) is 0 Å². The minimum absolute atomic E-state index is 0.187. The molecule has 1 aliphatic heterocycles. The topological polar surface area (TPSA) is 76.2 Å². The summed E-state index contributed by atoms with van der Waals surface area (Å²) in [5.74, 6) is 1.82. The van der Waals surface area contributed by atoms with E-state index >= 15 is 0 Å². The first-order valence-electron chi connectivity index (χ1n) is 5.95. The normalized spacial score (nSPS) is 13.1. The van der Waals surface area contributed by atoms with E-state index in [-0.39, 0.29) is 5.56 Å². The average molecular weight is 259 g/mol. The van der Waals surface area contributed by atoms with Crippen molar-refractivity contribution in [1.82, 2.24) is 9.97 Å². The van der Waals surface area contributed by atoms with E-state index in [0.29, 0.717) is 30.6 Å². The lowest BCUT2D eigenvalue weighted by atomic mass is 10.2. The van der Waals surface area contributed by atoms with E-state index < -0.39 is 0 Å². The largest absolute Gasteiger partial charge is 0.486 e. The molecule has 1 aromatic heterocycles. The number of benzene rings is 1. The number of ether oxygens (including phenoxy) is 2. The van der Waals surface area contributed by atoms with Gasteiger partial charge in [-0.25, -0.2) is 4.98 Å². The standard InChI is InChI=1S/C13H13N3O3/c1-8-6-12(17)16-13(14-8)15-9-2-3-10-11(7-9)19-5-4-18-10/h2-3,6-7H,4-5H2,1H3,(H2,14,15,16,17). The fourth-order valence-corrected chi connectivity index (χ4v) is 1.90. The highest BCUT2D eigenvalue weighted by Crippen LogP contribution is 2.33. The molecular weight excluding hydrogens is 246 g/mol. The Morgan fingerprint density at radius 2 is 2.00 bits per heavy atom. The van der Waals surface area contributed by atoms with E-state index in [1.165, 1.54) is 6.07 Å². The lowest BCUT2D eigenvalue weighted by Gasteiger charge is -2.19. The van der Waals surface area contributed by atoms with Gasteiger partial charge < -0.3 is 14.8 Å². The maximum Gasteiger partial charge on any atom is 0.252 e. The summed E-state index contributed by atoms with van der Waals surface area (Å²) in [5.41, 5.74) is 1.24. The lowest BCUT2D eigenvalue weighted by Crippen LogP contribution is -2.15. The second-order valence-corrected chi connectivity index (χ2v) is 4.22. The van der Waals surface area contributed by atoms with E-state index in [2.05, 4.69) is 15.3 Å². The number of nitrogens with zero attached hydrogens (tertiary/aromatic N) is 1. The van der Waals surface area contributed by atoms with Crippen LogP contribution < -0.4 is 20.3 Å². The molecule has 6 nitrogen and oxygen atoms in total. The first-order chi connectivity index (χ1) is 9.20. The van der Waals surface area contributed by atoms with Crippen molar-refractivity contribution in [3.63, 3.8) is 0 Å². The Morgan fingerprint density at radius 3 is 2.79 bits per heavy atom. The molecule has 19 heavy (non-hydrogen) atoms. The summed E-state index contributed by atoms with van der Waals surface area (Å²) < 4.78 is 10.9. The molecule has 0 bridgehead atoms. The molecule has 0 radical (unpaired) electrons. The van der Waals surface area contributed by atoms with Crippen molar-refractivity contribution in [3.05, 3.63) is 40.3 Å². The molecule has 2 heterocycles. The Morgan fingerprint density at radius 1 is 1.21 bits per heavy atom. The molecule has 2 N–H and O–H groups in total. The molecule has 2 aromatic rings. The Bertz CT molecular complexity index is 666. The van der Waals surface area contributed by atoms with E-state index in [1.807, 2.05) is 18.2 Å². The third kappa shape index (κ3) is 2.52. The highest BCUT2D eigenvalue weighted by Gasteiger charge is 2.12. The monoisotopic (exact) mass is 259 g/mol. The van der Waals surface area contributed by atoms with Gasteiger partial charge in [0.15, 0.2) is 11.5 Å². The van der Waals surface area contributed by atoms with Gasteiger partial charge in [-0.1, -0.05) is 0 Å².